The topological polar surface area (TPSA) is 125 Å². The lowest BCUT2D eigenvalue weighted by Gasteiger charge is -2.31. The van der Waals surface area contributed by atoms with E-state index in [1.807, 2.05) is 3.11 Å². The van der Waals surface area contributed by atoms with Crippen LogP contribution in [0.3, 0.4) is 0 Å². The molecule has 1 aliphatic heterocycles. The predicted octanol–water partition coefficient (Wildman–Crippen LogP) is -1.19. The van der Waals surface area contributed by atoms with Crippen molar-refractivity contribution in [2.45, 2.75) is 0 Å². The highest BCUT2D eigenvalue weighted by molar-refractivity contribution is 14.1. The molecule has 10 nitrogen and oxygen atoms in total. The first-order valence-electron chi connectivity index (χ1n) is 7.99. The van der Waals surface area contributed by atoms with E-state index in [-0.39, 0.29) is 19.6 Å². The normalized spacial score (nSPS) is 20.5. The molecule has 0 radical (unpaired) electrons. The number of halogens is 1. The van der Waals surface area contributed by atoms with Gasteiger partial charge in [-0.15, -0.1) is 0 Å². The molecule has 144 valence electrons. The summed E-state index contributed by atoms with van der Waals surface area (Å²) in [6.07, 6.45) is 0. The second-order valence-electron chi connectivity index (χ2n) is 5.92. The highest BCUT2D eigenvalue weighted by atomic mass is 127. The third-order valence-corrected chi connectivity index (χ3v) is 4.82. The van der Waals surface area contributed by atoms with Crippen LogP contribution in [-0.2, 0) is 14.4 Å². The van der Waals surface area contributed by atoms with E-state index in [9.17, 15) is 14.4 Å². The fraction of sp³-hybridized carbons (Fsp3) is 0.786. The van der Waals surface area contributed by atoms with Crippen molar-refractivity contribution in [2.24, 2.45) is 0 Å². The van der Waals surface area contributed by atoms with Gasteiger partial charge >= 0.3 is 17.9 Å². The van der Waals surface area contributed by atoms with Gasteiger partial charge in [0.15, 0.2) is 0 Å². The highest BCUT2D eigenvalue weighted by Crippen LogP contribution is 2.04. The minimum Gasteiger partial charge on any atom is -0.480 e. The first-order valence-corrected chi connectivity index (χ1v) is 8.96. The lowest BCUT2D eigenvalue weighted by molar-refractivity contribution is -0.140. The van der Waals surface area contributed by atoms with Crippen molar-refractivity contribution in [3.63, 3.8) is 0 Å². The molecule has 0 aliphatic carbocycles. The zero-order valence-corrected chi connectivity index (χ0v) is 16.2. The summed E-state index contributed by atoms with van der Waals surface area (Å²) in [5.74, 6) is -2.78. The van der Waals surface area contributed by atoms with Crippen molar-refractivity contribution >= 4 is 40.8 Å². The second-order valence-corrected chi connectivity index (χ2v) is 7.28. The number of hydrogen-bond acceptors (Lipinski definition) is 7. The molecule has 1 fully saturated rings. The Morgan fingerprint density at radius 1 is 0.600 bits per heavy atom. The van der Waals surface area contributed by atoms with Crippen molar-refractivity contribution in [3.05, 3.63) is 0 Å². The summed E-state index contributed by atoms with van der Waals surface area (Å²) in [6, 6.07) is 0. The molecular formula is C14H25IN4O6. The van der Waals surface area contributed by atoms with E-state index in [1.165, 1.54) is 0 Å². The molecule has 1 rings (SSSR count). The Balaban J connectivity index is 2.76. The number of aliphatic carboxylic acids is 3. The van der Waals surface area contributed by atoms with E-state index in [0.29, 0.717) is 52.4 Å². The average Bonchev–Trinajstić information content (AvgIpc) is 2.49. The van der Waals surface area contributed by atoms with Crippen molar-refractivity contribution in [1.29, 1.82) is 0 Å². The maximum atomic E-state index is 11.0. The lowest BCUT2D eigenvalue weighted by Crippen LogP contribution is -2.47. The molecular weight excluding hydrogens is 447 g/mol. The van der Waals surface area contributed by atoms with E-state index in [4.69, 9.17) is 15.3 Å². The summed E-state index contributed by atoms with van der Waals surface area (Å²) in [4.78, 5) is 38.3. The van der Waals surface area contributed by atoms with E-state index < -0.39 is 17.9 Å². The van der Waals surface area contributed by atoms with Gasteiger partial charge in [-0.05, 0) is 0 Å². The van der Waals surface area contributed by atoms with Gasteiger partial charge in [-0.3, -0.25) is 29.1 Å². The van der Waals surface area contributed by atoms with Gasteiger partial charge in [-0.25, -0.2) is 3.11 Å². The van der Waals surface area contributed by atoms with Crippen LogP contribution in [0.1, 0.15) is 0 Å². The monoisotopic (exact) mass is 472 g/mol. The summed E-state index contributed by atoms with van der Waals surface area (Å²) in [6.45, 7) is 3.80. The van der Waals surface area contributed by atoms with Crippen molar-refractivity contribution < 1.29 is 29.7 Å². The van der Waals surface area contributed by atoms with E-state index in [1.54, 1.807) is 14.7 Å². The number of carbonyl (C=O) groups is 3. The van der Waals surface area contributed by atoms with Crippen LogP contribution < -0.4 is 0 Å². The summed E-state index contributed by atoms with van der Waals surface area (Å²) < 4.78 is 2.01. The molecule has 0 aromatic carbocycles. The van der Waals surface area contributed by atoms with Gasteiger partial charge in [-0.2, -0.15) is 0 Å². The molecule has 11 heteroatoms. The van der Waals surface area contributed by atoms with Gasteiger partial charge in [0.25, 0.3) is 0 Å². The molecule has 1 aliphatic rings. The highest BCUT2D eigenvalue weighted by Gasteiger charge is 2.19. The molecule has 0 aromatic rings. The SMILES string of the molecule is O=C(O)CN1CCN(I)CCN(CC(=O)O)CCN(CC(=O)O)CC1. The Kier molecular flexibility index (Phi) is 10.2. The fourth-order valence-corrected chi connectivity index (χ4v) is 2.99. The maximum Gasteiger partial charge on any atom is 0.317 e. The summed E-state index contributed by atoms with van der Waals surface area (Å²) in [5.41, 5.74) is 0. The summed E-state index contributed by atoms with van der Waals surface area (Å²) >= 11 is 2.16. The summed E-state index contributed by atoms with van der Waals surface area (Å²) in [5, 5.41) is 27.1. The minimum atomic E-state index is -0.958. The molecule has 3 N–H and O–H groups in total. The van der Waals surface area contributed by atoms with Crippen LogP contribution >= 0.6 is 22.9 Å². The zero-order valence-electron chi connectivity index (χ0n) is 14.0. The van der Waals surface area contributed by atoms with Crippen molar-refractivity contribution in [2.75, 3.05) is 72.0 Å². The largest absolute Gasteiger partial charge is 0.480 e. The Morgan fingerprint density at radius 2 is 0.840 bits per heavy atom. The van der Waals surface area contributed by atoms with E-state index in [2.05, 4.69) is 22.9 Å². The van der Waals surface area contributed by atoms with Crippen LogP contribution in [0.5, 0.6) is 0 Å². The zero-order chi connectivity index (χ0) is 18.8. The first kappa shape index (κ1) is 22.0. The maximum absolute atomic E-state index is 11.0. The number of carboxylic acid groups (broad SMARTS) is 3. The molecule has 1 saturated heterocycles. The van der Waals surface area contributed by atoms with Crippen LogP contribution in [0.15, 0.2) is 0 Å². The quantitative estimate of drug-likeness (QED) is 0.321. The van der Waals surface area contributed by atoms with Crippen LogP contribution in [0.2, 0.25) is 0 Å². The molecule has 0 saturated carbocycles. The number of nitrogens with zero attached hydrogens (tertiary/aromatic N) is 4. The Labute approximate surface area is 160 Å². The molecule has 25 heavy (non-hydrogen) atoms. The second kappa shape index (κ2) is 11.6. The Hall–Kier alpha value is -1.02. The smallest absolute Gasteiger partial charge is 0.317 e. The van der Waals surface area contributed by atoms with E-state index >= 15 is 0 Å². The van der Waals surface area contributed by atoms with Gasteiger partial charge in [0, 0.05) is 75.2 Å². The minimum absolute atomic E-state index is 0.0868. The lowest BCUT2D eigenvalue weighted by atomic mass is 10.3. The number of carboxylic acids is 3. The number of hydrogen-bond donors (Lipinski definition) is 3. The molecule has 0 spiro atoms. The van der Waals surface area contributed by atoms with Gasteiger partial charge in [0.1, 0.15) is 0 Å². The third-order valence-electron chi connectivity index (χ3n) is 3.86. The van der Waals surface area contributed by atoms with Crippen LogP contribution in [-0.4, -0.2) is 123 Å². The molecule has 0 bridgehead atoms. The third kappa shape index (κ3) is 10.5. The molecule has 0 unspecified atom stereocenters. The molecule has 0 atom stereocenters. The van der Waals surface area contributed by atoms with Crippen molar-refractivity contribution in [1.82, 2.24) is 17.8 Å². The molecule has 0 aromatic heterocycles. The van der Waals surface area contributed by atoms with Gasteiger partial charge in [0.2, 0.25) is 0 Å². The Bertz CT molecular complexity index is 435. The van der Waals surface area contributed by atoms with E-state index in [0.717, 1.165) is 0 Å². The number of rotatable bonds is 6. The fourth-order valence-electron chi connectivity index (χ4n) is 2.56. The predicted molar refractivity (Wildman–Crippen MR) is 97.8 cm³/mol. The van der Waals surface area contributed by atoms with Crippen LogP contribution in [0.25, 0.3) is 0 Å². The summed E-state index contributed by atoms with van der Waals surface area (Å²) in [7, 11) is 0. The Morgan fingerprint density at radius 3 is 1.08 bits per heavy atom. The average molecular weight is 472 g/mol. The van der Waals surface area contributed by atoms with Gasteiger partial charge < -0.3 is 15.3 Å². The van der Waals surface area contributed by atoms with Gasteiger partial charge in [0.05, 0.1) is 19.6 Å². The van der Waals surface area contributed by atoms with Crippen LogP contribution in [0.4, 0.5) is 0 Å². The first-order chi connectivity index (χ1) is 11.8. The van der Waals surface area contributed by atoms with Crippen molar-refractivity contribution in [3.8, 4) is 0 Å². The van der Waals surface area contributed by atoms with Crippen LogP contribution in [0, 0.1) is 0 Å². The standard InChI is InChI=1S/C14H25IN4O6/c15-19-7-5-17(10-13(22)23)3-1-16(9-12(20)21)2-4-18(6-8-19)11-14(24)25/h1-11H2,(H,20,21)(H,22,23)(H,24,25). The molecule has 1 heterocycles. The van der Waals surface area contributed by atoms with Gasteiger partial charge in [-0.1, -0.05) is 0 Å². The molecule has 0 amide bonds.